The number of nitrogens with zero attached hydrogens (tertiary/aromatic N) is 1. The van der Waals surface area contributed by atoms with Gasteiger partial charge in [0.1, 0.15) is 0 Å². The standard InChI is InChI=1S/C20H24N2O2/c1-15-12-18(14-22(15)13-16-8-4-2-5-9-16)21-20(24)19(23)17-10-6-3-7-11-17/h2-11,15,18-19,23H,12-14H2,1H3,(H,21,24). The van der Waals surface area contributed by atoms with Gasteiger partial charge in [-0.2, -0.15) is 0 Å². The summed E-state index contributed by atoms with van der Waals surface area (Å²) in [6.07, 6.45) is -0.204. The summed E-state index contributed by atoms with van der Waals surface area (Å²) in [6.45, 7) is 3.88. The summed E-state index contributed by atoms with van der Waals surface area (Å²) in [7, 11) is 0. The maximum Gasteiger partial charge on any atom is 0.253 e. The summed E-state index contributed by atoms with van der Waals surface area (Å²) in [5, 5.41) is 13.2. The van der Waals surface area contributed by atoms with Crippen molar-refractivity contribution < 1.29 is 9.90 Å². The number of amides is 1. The van der Waals surface area contributed by atoms with E-state index in [1.807, 2.05) is 36.4 Å². The molecule has 1 aliphatic heterocycles. The van der Waals surface area contributed by atoms with Crippen LogP contribution in [0.3, 0.4) is 0 Å². The SMILES string of the molecule is CC1CC(NC(=O)C(O)c2ccccc2)CN1Cc1ccccc1. The monoisotopic (exact) mass is 324 g/mol. The van der Waals surface area contributed by atoms with Crippen molar-refractivity contribution in [2.75, 3.05) is 6.54 Å². The Morgan fingerprint density at radius 1 is 1.17 bits per heavy atom. The van der Waals surface area contributed by atoms with Crippen molar-refractivity contribution in [3.05, 3.63) is 71.8 Å². The fourth-order valence-corrected chi connectivity index (χ4v) is 3.31. The minimum Gasteiger partial charge on any atom is -0.378 e. The molecule has 2 aromatic carbocycles. The van der Waals surface area contributed by atoms with Crippen molar-refractivity contribution in [3.63, 3.8) is 0 Å². The van der Waals surface area contributed by atoms with Gasteiger partial charge in [-0.05, 0) is 24.5 Å². The molecule has 0 aliphatic carbocycles. The van der Waals surface area contributed by atoms with Gasteiger partial charge in [-0.1, -0.05) is 60.7 Å². The Labute approximate surface area is 143 Å². The van der Waals surface area contributed by atoms with Crippen LogP contribution in [0.2, 0.25) is 0 Å². The number of nitrogens with one attached hydrogen (secondary N) is 1. The predicted molar refractivity (Wildman–Crippen MR) is 94.3 cm³/mol. The van der Waals surface area contributed by atoms with Crippen molar-refractivity contribution in [1.82, 2.24) is 10.2 Å². The summed E-state index contributed by atoms with van der Waals surface area (Å²) in [6, 6.07) is 19.9. The average Bonchev–Trinajstić information content (AvgIpc) is 2.95. The Kier molecular flexibility index (Phi) is 5.28. The van der Waals surface area contributed by atoms with Gasteiger partial charge >= 0.3 is 0 Å². The van der Waals surface area contributed by atoms with Gasteiger partial charge in [0.2, 0.25) is 0 Å². The minimum atomic E-state index is -1.11. The Balaban J connectivity index is 1.56. The zero-order valence-electron chi connectivity index (χ0n) is 13.9. The molecule has 1 aliphatic rings. The molecular weight excluding hydrogens is 300 g/mol. The molecule has 1 saturated heterocycles. The lowest BCUT2D eigenvalue weighted by Crippen LogP contribution is -2.39. The van der Waals surface area contributed by atoms with Crippen LogP contribution >= 0.6 is 0 Å². The van der Waals surface area contributed by atoms with Crippen molar-refractivity contribution in [2.24, 2.45) is 0 Å². The molecule has 2 N–H and O–H groups in total. The number of carbonyl (C=O) groups excluding carboxylic acids is 1. The van der Waals surface area contributed by atoms with E-state index < -0.39 is 6.10 Å². The van der Waals surface area contributed by atoms with Gasteiger partial charge in [0, 0.05) is 25.2 Å². The van der Waals surface area contributed by atoms with Crippen molar-refractivity contribution in [1.29, 1.82) is 0 Å². The highest BCUT2D eigenvalue weighted by molar-refractivity contribution is 5.82. The minimum absolute atomic E-state index is 0.0783. The molecule has 1 fully saturated rings. The van der Waals surface area contributed by atoms with Crippen LogP contribution in [0.4, 0.5) is 0 Å². The lowest BCUT2D eigenvalue weighted by molar-refractivity contribution is -0.130. The van der Waals surface area contributed by atoms with Crippen molar-refractivity contribution in [2.45, 2.75) is 38.1 Å². The Bertz CT molecular complexity index is 660. The molecule has 1 amide bonds. The van der Waals surface area contributed by atoms with E-state index in [1.165, 1.54) is 5.56 Å². The Morgan fingerprint density at radius 2 is 1.79 bits per heavy atom. The molecule has 0 saturated carbocycles. The van der Waals surface area contributed by atoms with Gasteiger partial charge in [0.15, 0.2) is 6.10 Å². The molecule has 4 nitrogen and oxygen atoms in total. The van der Waals surface area contributed by atoms with Gasteiger partial charge in [-0.25, -0.2) is 0 Å². The van der Waals surface area contributed by atoms with Crippen LogP contribution in [-0.2, 0) is 11.3 Å². The smallest absolute Gasteiger partial charge is 0.253 e. The first-order valence-electron chi connectivity index (χ1n) is 8.45. The lowest BCUT2D eigenvalue weighted by Gasteiger charge is -2.21. The summed E-state index contributed by atoms with van der Waals surface area (Å²) >= 11 is 0. The van der Waals surface area contributed by atoms with E-state index in [1.54, 1.807) is 12.1 Å². The fourth-order valence-electron chi connectivity index (χ4n) is 3.31. The number of carbonyl (C=O) groups is 1. The zero-order chi connectivity index (χ0) is 16.9. The number of aliphatic hydroxyl groups excluding tert-OH is 1. The molecule has 3 rings (SSSR count). The van der Waals surface area contributed by atoms with Gasteiger partial charge in [0.05, 0.1) is 0 Å². The number of benzene rings is 2. The molecule has 3 unspecified atom stereocenters. The first-order valence-corrected chi connectivity index (χ1v) is 8.45. The molecule has 1 heterocycles. The van der Waals surface area contributed by atoms with Crippen LogP contribution in [0.15, 0.2) is 60.7 Å². The van der Waals surface area contributed by atoms with E-state index in [9.17, 15) is 9.90 Å². The highest BCUT2D eigenvalue weighted by Gasteiger charge is 2.31. The first-order chi connectivity index (χ1) is 11.6. The molecule has 24 heavy (non-hydrogen) atoms. The highest BCUT2D eigenvalue weighted by Crippen LogP contribution is 2.21. The van der Waals surface area contributed by atoms with Crippen LogP contribution in [0.5, 0.6) is 0 Å². The third kappa shape index (κ3) is 4.02. The number of likely N-dealkylation sites (tertiary alicyclic amines) is 1. The van der Waals surface area contributed by atoms with Gasteiger partial charge in [-0.15, -0.1) is 0 Å². The van der Waals surface area contributed by atoms with Gasteiger partial charge < -0.3 is 10.4 Å². The molecule has 3 atom stereocenters. The zero-order valence-corrected chi connectivity index (χ0v) is 13.9. The third-order valence-corrected chi connectivity index (χ3v) is 4.64. The Morgan fingerprint density at radius 3 is 2.46 bits per heavy atom. The summed E-state index contributed by atoms with van der Waals surface area (Å²) in [4.78, 5) is 14.7. The molecule has 0 bridgehead atoms. The quantitative estimate of drug-likeness (QED) is 0.888. The van der Waals surface area contributed by atoms with Crippen LogP contribution in [0.1, 0.15) is 30.6 Å². The van der Waals surface area contributed by atoms with E-state index in [0.717, 1.165) is 19.5 Å². The molecule has 126 valence electrons. The lowest BCUT2D eigenvalue weighted by atomic mass is 10.1. The van der Waals surface area contributed by atoms with Crippen LogP contribution in [-0.4, -0.2) is 34.5 Å². The third-order valence-electron chi connectivity index (χ3n) is 4.64. The van der Waals surface area contributed by atoms with Crippen molar-refractivity contribution in [3.8, 4) is 0 Å². The maximum absolute atomic E-state index is 12.3. The van der Waals surface area contributed by atoms with E-state index in [2.05, 4.69) is 29.3 Å². The second-order valence-corrected chi connectivity index (χ2v) is 6.52. The summed E-state index contributed by atoms with van der Waals surface area (Å²) in [5.41, 5.74) is 1.91. The van der Waals surface area contributed by atoms with Crippen LogP contribution in [0.25, 0.3) is 0 Å². The maximum atomic E-state index is 12.3. The van der Waals surface area contributed by atoms with Gasteiger partial charge in [-0.3, -0.25) is 9.69 Å². The highest BCUT2D eigenvalue weighted by atomic mass is 16.3. The molecule has 0 spiro atoms. The largest absolute Gasteiger partial charge is 0.378 e. The second kappa shape index (κ2) is 7.60. The average molecular weight is 324 g/mol. The van der Waals surface area contributed by atoms with Crippen LogP contribution in [0, 0.1) is 0 Å². The molecule has 0 radical (unpaired) electrons. The number of aliphatic hydroxyl groups is 1. The van der Waals surface area contributed by atoms with E-state index in [4.69, 9.17) is 0 Å². The number of rotatable bonds is 5. The number of hydrogen-bond acceptors (Lipinski definition) is 3. The van der Waals surface area contributed by atoms with E-state index in [-0.39, 0.29) is 11.9 Å². The van der Waals surface area contributed by atoms with Crippen molar-refractivity contribution >= 4 is 5.91 Å². The normalized spacial score (nSPS) is 22.2. The predicted octanol–water partition coefficient (Wildman–Crippen LogP) is 2.50. The first kappa shape index (κ1) is 16.7. The molecule has 0 aromatic heterocycles. The van der Waals surface area contributed by atoms with Gasteiger partial charge in [0.25, 0.3) is 5.91 Å². The second-order valence-electron chi connectivity index (χ2n) is 6.52. The Hall–Kier alpha value is -2.17. The topological polar surface area (TPSA) is 52.6 Å². The van der Waals surface area contributed by atoms with E-state index in [0.29, 0.717) is 11.6 Å². The molecule has 2 aromatic rings. The fraction of sp³-hybridized carbons (Fsp3) is 0.350. The summed E-state index contributed by atoms with van der Waals surface area (Å²) in [5.74, 6) is -0.319. The summed E-state index contributed by atoms with van der Waals surface area (Å²) < 4.78 is 0. The molecule has 4 heteroatoms. The van der Waals surface area contributed by atoms with Crippen LogP contribution < -0.4 is 5.32 Å². The van der Waals surface area contributed by atoms with E-state index >= 15 is 0 Å². The number of hydrogen-bond donors (Lipinski definition) is 2. The molecular formula is C20H24N2O2.